The lowest BCUT2D eigenvalue weighted by Crippen LogP contribution is -2.28. The number of hydrogen-bond donors (Lipinski definition) is 3. The summed E-state index contributed by atoms with van der Waals surface area (Å²) in [6.45, 7) is 1.01. The minimum Gasteiger partial charge on any atom is -0.502 e. The van der Waals surface area contributed by atoms with Gasteiger partial charge in [0.2, 0.25) is 0 Å². The van der Waals surface area contributed by atoms with Crippen LogP contribution >= 0.6 is 11.6 Å². The summed E-state index contributed by atoms with van der Waals surface area (Å²) in [6.07, 6.45) is 3.48. The minimum atomic E-state index is -0.651. The highest BCUT2D eigenvalue weighted by Crippen LogP contribution is 2.33. The number of aliphatic hydroxyl groups is 1. The Labute approximate surface area is 127 Å². The summed E-state index contributed by atoms with van der Waals surface area (Å²) >= 11 is 5.84. The van der Waals surface area contributed by atoms with E-state index in [4.69, 9.17) is 11.6 Å². The number of nitro benzene ring substituents is 1. The van der Waals surface area contributed by atoms with E-state index in [-0.39, 0.29) is 22.6 Å². The van der Waals surface area contributed by atoms with Gasteiger partial charge < -0.3 is 15.5 Å². The molecule has 2 unspecified atom stereocenters. The van der Waals surface area contributed by atoms with Gasteiger partial charge in [0.25, 0.3) is 0 Å². The largest absolute Gasteiger partial charge is 0.502 e. The number of aliphatic hydroxyl groups excluding tert-OH is 1. The average Bonchev–Trinajstić information content (AvgIpc) is 2.42. The molecule has 7 heteroatoms. The van der Waals surface area contributed by atoms with Crippen LogP contribution in [0.2, 0.25) is 5.02 Å². The third-order valence-corrected chi connectivity index (χ3v) is 4.05. The van der Waals surface area contributed by atoms with Crippen LogP contribution < -0.4 is 5.32 Å². The summed E-state index contributed by atoms with van der Waals surface area (Å²) in [5.74, 6) is 0.0469. The monoisotopic (exact) mass is 314 g/mol. The second-order valence-electron chi connectivity index (χ2n) is 5.51. The molecule has 1 aliphatic carbocycles. The van der Waals surface area contributed by atoms with Crippen LogP contribution in [-0.2, 0) is 6.54 Å². The van der Waals surface area contributed by atoms with Crippen LogP contribution in [0.4, 0.5) is 5.69 Å². The van der Waals surface area contributed by atoms with E-state index in [9.17, 15) is 20.3 Å². The Bertz CT molecular complexity index is 524. The standard InChI is InChI=1S/C14H19ClN2O4/c15-11-5-10(14(19)13(6-11)17(20)21)8-16-7-9-2-1-3-12(18)4-9/h5-6,9,12,16,18-19H,1-4,7-8H2. The summed E-state index contributed by atoms with van der Waals surface area (Å²) in [5.41, 5.74) is 0.0259. The van der Waals surface area contributed by atoms with Crippen LogP contribution in [0.3, 0.4) is 0 Å². The van der Waals surface area contributed by atoms with Crippen LogP contribution in [-0.4, -0.2) is 27.8 Å². The number of rotatable bonds is 5. The molecule has 21 heavy (non-hydrogen) atoms. The van der Waals surface area contributed by atoms with Gasteiger partial charge in [0.15, 0.2) is 5.75 Å². The Hall–Kier alpha value is -1.37. The van der Waals surface area contributed by atoms with Crippen molar-refractivity contribution in [2.45, 2.75) is 38.3 Å². The summed E-state index contributed by atoms with van der Waals surface area (Å²) in [7, 11) is 0. The van der Waals surface area contributed by atoms with E-state index in [0.717, 1.165) is 31.7 Å². The molecule has 1 aromatic carbocycles. The smallest absolute Gasteiger partial charge is 0.312 e. The van der Waals surface area contributed by atoms with E-state index in [1.54, 1.807) is 0 Å². The molecular formula is C14H19ClN2O4. The van der Waals surface area contributed by atoms with Crippen LogP contribution in [0, 0.1) is 16.0 Å². The summed E-state index contributed by atoms with van der Waals surface area (Å²) < 4.78 is 0. The Morgan fingerprint density at radius 2 is 2.19 bits per heavy atom. The maximum atomic E-state index is 10.8. The first kappa shape index (κ1) is 16.0. The lowest BCUT2D eigenvalue weighted by Gasteiger charge is -2.26. The number of phenolic OH excluding ortho intramolecular Hbond substituents is 1. The first-order valence-corrected chi connectivity index (χ1v) is 7.39. The van der Waals surface area contributed by atoms with E-state index in [2.05, 4.69) is 5.32 Å². The predicted molar refractivity (Wildman–Crippen MR) is 79.4 cm³/mol. The lowest BCUT2D eigenvalue weighted by molar-refractivity contribution is -0.385. The van der Waals surface area contributed by atoms with Gasteiger partial charge in [-0.15, -0.1) is 0 Å². The van der Waals surface area contributed by atoms with Gasteiger partial charge in [0, 0.05) is 23.2 Å². The number of hydrogen-bond acceptors (Lipinski definition) is 5. The zero-order valence-electron chi connectivity index (χ0n) is 11.6. The molecule has 1 fully saturated rings. The maximum Gasteiger partial charge on any atom is 0.312 e. The van der Waals surface area contributed by atoms with Gasteiger partial charge in [-0.1, -0.05) is 18.0 Å². The molecule has 0 amide bonds. The van der Waals surface area contributed by atoms with Crippen LogP contribution in [0.25, 0.3) is 0 Å². The molecule has 2 rings (SSSR count). The third kappa shape index (κ3) is 4.30. The van der Waals surface area contributed by atoms with Gasteiger partial charge in [-0.3, -0.25) is 10.1 Å². The summed E-state index contributed by atoms with van der Waals surface area (Å²) in [5, 5.41) is 33.7. The fraction of sp³-hybridized carbons (Fsp3) is 0.571. The van der Waals surface area contributed by atoms with Gasteiger partial charge in [0.05, 0.1) is 11.0 Å². The van der Waals surface area contributed by atoms with Gasteiger partial charge in [0.1, 0.15) is 0 Å². The van der Waals surface area contributed by atoms with Crippen molar-refractivity contribution < 1.29 is 15.1 Å². The first-order chi connectivity index (χ1) is 9.97. The molecule has 0 bridgehead atoms. The van der Waals surface area contributed by atoms with Gasteiger partial charge >= 0.3 is 5.69 Å². The molecular weight excluding hydrogens is 296 g/mol. The summed E-state index contributed by atoms with van der Waals surface area (Å²) in [4.78, 5) is 10.2. The molecule has 0 radical (unpaired) electrons. The van der Waals surface area contributed by atoms with Crippen molar-refractivity contribution in [2.24, 2.45) is 5.92 Å². The molecule has 2 atom stereocenters. The number of nitrogens with one attached hydrogen (secondary N) is 1. The Balaban J connectivity index is 1.95. The predicted octanol–water partition coefficient (Wildman–Crippen LogP) is 2.59. The van der Waals surface area contributed by atoms with Gasteiger partial charge in [-0.25, -0.2) is 0 Å². The fourth-order valence-electron chi connectivity index (χ4n) is 2.77. The van der Waals surface area contributed by atoms with Crippen molar-refractivity contribution in [3.63, 3.8) is 0 Å². The molecule has 3 N–H and O–H groups in total. The Morgan fingerprint density at radius 3 is 2.86 bits per heavy atom. The van der Waals surface area contributed by atoms with Crippen LogP contribution in [0.5, 0.6) is 5.75 Å². The Morgan fingerprint density at radius 1 is 1.43 bits per heavy atom. The number of halogens is 1. The zero-order chi connectivity index (χ0) is 15.4. The molecule has 0 aromatic heterocycles. The van der Waals surface area contributed by atoms with Gasteiger partial charge in [-0.05, 0) is 37.8 Å². The second kappa shape index (κ2) is 7.06. The van der Waals surface area contributed by atoms with Crippen molar-refractivity contribution >= 4 is 17.3 Å². The SMILES string of the molecule is O=[N+]([O-])c1cc(Cl)cc(CNCC2CCCC(O)C2)c1O. The number of aromatic hydroxyl groups is 1. The van der Waals surface area contributed by atoms with Crippen LogP contribution in [0.1, 0.15) is 31.2 Å². The number of benzene rings is 1. The molecule has 0 aliphatic heterocycles. The fourth-order valence-corrected chi connectivity index (χ4v) is 3.01. The first-order valence-electron chi connectivity index (χ1n) is 7.02. The molecule has 116 valence electrons. The normalized spacial score (nSPS) is 22.2. The number of nitro groups is 1. The van der Waals surface area contributed by atoms with Crippen molar-refractivity contribution in [3.8, 4) is 5.75 Å². The van der Waals surface area contributed by atoms with Crippen molar-refractivity contribution in [1.29, 1.82) is 0 Å². The maximum absolute atomic E-state index is 10.8. The molecule has 1 saturated carbocycles. The average molecular weight is 315 g/mol. The molecule has 0 spiro atoms. The van der Waals surface area contributed by atoms with Crippen LogP contribution in [0.15, 0.2) is 12.1 Å². The minimum absolute atomic E-state index is 0.226. The molecule has 0 saturated heterocycles. The van der Waals surface area contributed by atoms with Crippen molar-refractivity contribution in [1.82, 2.24) is 5.32 Å². The van der Waals surface area contributed by atoms with E-state index >= 15 is 0 Å². The highest BCUT2D eigenvalue weighted by Gasteiger charge is 2.21. The lowest BCUT2D eigenvalue weighted by atomic mass is 9.87. The highest BCUT2D eigenvalue weighted by molar-refractivity contribution is 6.31. The molecule has 1 aromatic rings. The highest BCUT2D eigenvalue weighted by atomic mass is 35.5. The number of nitrogens with zero attached hydrogens (tertiary/aromatic N) is 1. The van der Waals surface area contributed by atoms with Crippen molar-refractivity contribution in [3.05, 3.63) is 32.8 Å². The van der Waals surface area contributed by atoms with E-state index in [1.807, 2.05) is 0 Å². The topological polar surface area (TPSA) is 95.6 Å². The molecule has 6 nitrogen and oxygen atoms in total. The van der Waals surface area contributed by atoms with Crippen molar-refractivity contribution in [2.75, 3.05) is 6.54 Å². The second-order valence-corrected chi connectivity index (χ2v) is 5.94. The van der Waals surface area contributed by atoms with E-state index in [1.165, 1.54) is 6.07 Å². The summed E-state index contributed by atoms with van der Waals surface area (Å²) in [6, 6.07) is 2.66. The molecule has 0 heterocycles. The quantitative estimate of drug-likeness (QED) is 0.573. The van der Waals surface area contributed by atoms with E-state index in [0.29, 0.717) is 24.6 Å². The zero-order valence-corrected chi connectivity index (χ0v) is 12.3. The Kier molecular flexibility index (Phi) is 5.39. The van der Waals surface area contributed by atoms with Gasteiger partial charge in [-0.2, -0.15) is 0 Å². The van der Waals surface area contributed by atoms with E-state index < -0.39 is 4.92 Å². The third-order valence-electron chi connectivity index (χ3n) is 3.83. The molecule has 1 aliphatic rings. The number of phenols is 1.